The van der Waals surface area contributed by atoms with Gasteiger partial charge in [0, 0.05) is 19.8 Å². The van der Waals surface area contributed by atoms with Crippen molar-refractivity contribution in [3.05, 3.63) is 23.3 Å². The van der Waals surface area contributed by atoms with E-state index in [4.69, 9.17) is 0 Å². The molecule has 12 heteroatoms. The highest BCUT2D eigenvalue weighted by Crippen LogP contribution is 2.58. The molecule has 0 aliphatic heterocycles. The number of hydrogen-bond donors (Lipinski definition) is 0. The van der Waals surface area contributed by atoms with E-state index in [0.29, 0.717) is 14.2 Å². The van der Waals surface area contributed by atoms with Crippen LogP contribution in [0.25, 0.3) is 0 Å². The fourth-order valence-corrected chi connectivity index (χ4v) is 2.25. The van der Waals surface area contributed by atoms with E-state index in [9.17, 15) is 39.5 Å². The molecular formula is C11H10BF9O2. The minimum absolute atomic E-state index is 0.320. The van der Waals surface area contributed by atoms with Crippen LogP contribution in [0, 0.1) is 0 Å². The summed E-state index contributed by atoms with van der Waals surface area (Å²) < 4.78 is 126. The van der Waals surface area contributed by atoms with Crippen LogP contribution in [0.5, 0.6) is 0 Å². The van der Waals surface area contributed by atoms with Crippen LogP contribution in [-0.2, 0) is 9.31 Å². The van der Waals surface area contributed by atoms with Crippen LogP contribution < -0.4 is 0 Å². The van der Waals surface area contributed by atoms with Crippen LogP contribution in [0.4, 0.5) is 39.5 Å². The standard InChI is InChI=1S/C11H10BF9O2/c1-22-12(23-2)8(11(19,20)21)4-6(9(13,14)15)3-7(5-8)10(16,17)18/h3-4H,5H2,1-2H3. The molecule has 0 amide bonds. The van der Waals surface area contributed by atoms with Gasteiger partial charge in [0.15, 0.2) is 0 Å². The lowest BCUT2D eigenvalue weighted by Gasteiger charge is -2.39. The maximum Gasteiger partial charge on any atom is 0.476 e. The second-order valence-electron chi connectivity index (χ2n) is 4.78. The zero-order chi connectivity index (χ0) is 18.3. The van der Waals surface area contributed by atoms with E-state index in [1.54, 1.807) is 0 Å². The van der Waals surface area contributed by atoms with Gasteiger partial charge in [0.2, 0.25) is 0 Å². The van der Waals surface area contributed by atoms with Gasteiger partial charge in [-0.3, -0.25) is 0 Å². The summed E-state index contributed by atoms with van der Waals surface area (Å²) in [6.45, 7) is 0. The van der Waals surface area contributed by atoms with Crippen molar-refractivity contribution >= 4 is 7.12 Å². The maximum atomic E-state index is 13.4. The SMILES string of the molecule is COB(OC)C1(C(F)(F)F)C=C(C(F)(F)F)C=C(C(F)(F)F)C1. The molecule has 23 heavy (non-hydrogen) atoms. The Morgan fingerprint density at radius 3 is 1.70 bits per heavy atom. The lowest BCUT2D eigenvalue weighted by atomic mass is 9.52. The molecule has 0 spiro atoms. The van der Waals surface area contributed by atoms with E-state index in [2.05, 4.69) is 9.31 Å². The van der Waals surface area contributed by atoms with Crippen molar-refractivity contribution in [2.45, 2.75) is 30.3 Å². The summed E-state index contributed by atoms with van der Waals surface area (Å²) in [4.78, 5) is 0. The predicted octanol–water partition coefficient (Wildman–Crippen LogP) is 4.45. The van der Waals surface area contributed by atoms with Crippen LogP contribution >= 0.6 is 0 Å². The average Bonchev–Trinajstić information content (AvgIpc) is 2.36. The number of hydrogen-bond acceptors (Lipinski definition) is 2. The molecule has 1 rings (SSSR count). The van der Waals surface area contributed by atoms with Crippen molar-refractivity contribution in [2.24, 2.45) is 0 Å². The van der Waals surface area contributed by atoms with Crippen LogP contribution in [0.1, 0.15) is 6.42 Å². The molecule has 1 unspecified atom stereocenters. The first-order valence-corrected chi connectivity index (χ1v) is 5.89. The van der Waals surface area contributed by atoms with Crippen LogP contribution in [0.3, 0.4) is 0 Å². The molecular weight excluding hydrogens is 346 g/mol. The highest BCUT2D eigenvalue weighted by atomic mass is 19.4. The summed E-state index contributed by atoms with van der Waals surface area (Å²) in [5, 5.41) is -3.62. The molecule has 0 aromatic heterocycles. The van der Waals surface area contributed by atoms with E-state index >= 15 is 0 Å². The van der Waals surface area contributed by atoms with Crippen molar-refractivity contribution in [3.63, 3.8) is 0 Å². The van der Waals surface area contributed by atoms with Crippen molar-refractivity contribution in [1.29, 1.82) is 0 Å². The molecule has 0 fully saturated rings. The molecule has 0 aromatic rings. The van der Waals surface area contributed by atoms with Gasteiger partial charge in [0.05, 0.1) is 5.57 Å². The van der Waals surface area contributed by atoms with Crippen LogP contribution in [-0.4, -0.2) is 39.9 Å². The molecule has 1 aliphatic carbocycles. The lowest BCUT2D eigenvalue weighted by Crippen LogP contribution is -2.48. The molecule has 0 saturated carbocycles. The minimum Gasteiger partial charge on any atom is -0.413 e. The Labute approximate surface area is 125 Å². The molecule has 1 aliphatic rings. The Kier molecular flexibility index (Phi) is 5.22. The van der Waals surface area contributed by atoms with E-state index in [-0.39, 0.29) is 12.2 Å². The van der Waals surface area contributed by atoms with Crippen molar-refractivity contribution in [3.8, 4) is 0 Å². The van der Waals surface area contributed by atoms with Gasteiger partial charge >= 0.3 is 25.6 Å². The number of allylic oxidation sites excluding steroid dienone is 4. The summed E-state index contributed by atoms with van der Waals surface area (Å²) in [5.41, 5.74) is -4.03. The van der Waals surface area contributed by atoms with Gasteiger partial charge in [-0.05, 0) is 12.5 Å². The van der Waals surface area contributed by atoms with Crippen LogP contribution in [0.2, 0.25) is 5.31 Å². The fourth-order valence-electron chi connectivity index (χ4n) is 2.25. The third-order valence-electron chi connectivity index (χ3n) is 3.29. The van der Waals surface area contributed by atoms with Gasteiger partial charge in [-0.25, -0.2) is 0 Å². The Hall–Kier alpha value is -1.17. The smallest absolute Gasteiger partial charge is 0.413 e. The molecule has 0 radical (unpaired) electrons. The molecule has 132 valence electrons. The van der Waals surface area contributed by atoms with Crippen molar-refractivity contribution in [1.82, 2.24) is 0 Å². The summed E-state index contributed by atoms with van der Waals surface area (Å²) in [7, 11) is -1.01. The molecule has 0 N–H and O–H groups in total. The first kappa shape index (κ1) is 19.9. The predicted molar refractivity (Wildman–Crippen MR) is 61.4 cm³/mol. The fraction of sp³-hybridized carbons (Fsp3) is 0.636. The molecule has 0 saturated heterocycles. The van der Waals surface area contributed by atoms with Crippen molar-refractivity contribution in [2.75, 3.05) is 14.2 Å². The third kappa shape index (κ3) is 3.85. The first-order valence-electron chi connectivity index (χ1n) is 5.89. The second-order valence-corrected chi connectivity index (χ2v) is 4.78. The minimum atomic E-state index is -5.48. The zero-order valence-corrected chi connectivity index (χ0v) is 11.7. The Bertz CT molecular complexity index is 499. The molecule has 0 aromatic carbocycles. The molecule has 0 bridgehead atoms. The second kappa shape index (κ2) is 6.04. The largest absolute Gasteiger partial charge is 0.476 e. The molecule has 1 atom stereocenters. The highest BCUT2D eigenvalue weighted by Gasteiger charge is 2.66. The third-order valence-corrected chi connectivity index (χ3v) is 3.29. The van der Waals surface area contributed by atoms with E-state index in [1.807, 2.05) is 0 Å². The van der Waals surface area contributed by atoms with Crippen LogP contribution in [0.15, 0.2) is 23.3 Å². The first-order chi connectivity index (χ1) is 10.2. The summed E-state index contributed by atoms with van der Waals surface area (Å²) in [6.07, 6.45) is -18.7. The van der Waals surface area contributed by atoms with Gasteiger partial charge in [0.1, 0.15) is 5.31 Å². The summed E-state index contributed by atoms with van der Waals surface area (Å²) in [6, 6.07) is 0. The Morgan fingerprint density at radius 2 is 1.39 bits per heavy atom. The maximum absolute atomic E-state index is 13.4. The normalized spacial score (nSPS) is 23.4. The zero-order valence-electron chi connectivity index (χ0n) is 11.7. The Balaban J connectivity index is 3.65. The topological polar surface area (TPSA) is 18.5 Å². The molecule has 2 nitrogen and oxygen atoms in total. The monoisotopic (exact) mass is 356 g/mol. The van der Waals surface area contributed by atoms with Crippen molar-refractivity contribution < 1.29 is 48.8 Å². The van der Waals surface area contributed by atoms with Gasteiger partial charge < -0.3 is 9.31 Å². The highest BCUT2D eigenvalue weighted by molar-refractivity contribution is 6.50. The summed E-state index contributed by atoms with van der Waals surface area (Å²) in [5.74, 6) is 0. The average molecular weight is 356 g/mol. The van der Waals surface area contributed by atoms with E-state index in [1.165, 1.54) is 0 Å². The quantitative estimate of drug-likeness (QED) is 0.550. The van der Waals surface area contributed by atoms with Gasteiger partial charge in [0.25, 0.3) is 0 Å². The van der Waals surface area contributed by atoms with E-state index < -0.39 is 48.5 Å². The van der Waals surface area contributed by atoms with Gasteiger partial charge in [-0.15, -0.1) is 0 Å². The van der Waals surface area contributed by atoms with Gasteiger partial charge in [-0.1, -0.05) is 6.08 Å². The molecule has 0 heterocycles. The van der Waals surface area contributed by atoms with Gasteiger partial charge in [-0.2, -0.15) is 39.5 Å². The Morgan fingerprint density at radius 1 is 0.913 bits per heavy atom. The van der Waals surface area contributed by atoms with E-state index in [0.717, 1.165) is 0 Å². The summed E-state index contributed by atoms with van der Waals surface area (Å²) >= 11 is 0. The number of alkyl halides is 9. The number of rotatable bonds is 3. The number of halogens is 9. The lowest BCUT2D eigenvalue weighted by molar-refractivity contribution is -0.168.